The van der Waals surface area contributed by atoms with Crippen LogP contribution in [0.5, 0.6) is 0 Å². The summed E-state index contributed by atoms with van der Waals surface area (Å²) in [5.74, 6) is 0.152. The van der Waals surface area contributed by atoms with Crippen molar-refractivity contribution >= 4 is 32.5 Å². The summed E-state index contributed by atoms with van der Waals surface area (Å²) in [6.07, 6.45) is 6.93. The van der Waals surface area contributed by atoms with Gasteiger partial charge in [0.05, 0.1) is 11.3 Å². The average Bonchev–Trinajstić information content (AvgIpc) is 3.11. The smallest absolute Gasteiger partial charge is 0.267 e. The fourth-order valence-corrected chi connectivity index (χ4v) is 5.36. The number of hydrogen-bond acceptors (Lipinski definition) is 6. The summed E-state index contributed by atoms with van der Waals surface area (Å²) in [5.41, 5.74) is 2.82. The van der Waals surface area contributed by atoms with Gasteiger partial charge in [0, 0.05) is 5.57 Å². The second-order valence-electron chi connectivity index (χ2n) is 6.84. The number of allylic oxidation sites excluding steroid dienone is 2. The van der Waals surface area contributed by atoms with Crippen LogP contribution in [0.3, 0.4) is 0 Å². The topological polar surface area (TPSA) is 79.5 Å². The molecular weight excluding hydrogens is 380 g/mol. The van der Waals surface area contributed by atoms with Gasteiger partial charge in [0.15, 0.2) is 0 Å². The van der Waals surface area contributed by atoms with E-state index in [1.165, 1.54) is 18.2 Å². The molecule has 0 aromatic heterocycles. The Morgan fingerprint density at radius 1 is 1.30 bits per heavy atom. The molecule has 1 aromatic carbocycles. The van der Waals surface area contributed by atoms with Crippen molar-refractivity contribution in [2.24, 2.45) is 11.1 Å². The number of hydrogen-bond donors (Lipinski definition) is 0. The molecule has 1 aliphatic heterocycles. The summed E-state index contributed by atoms with van der Waals surface area (Å²) >= 11 is 1.25. The number of oxime groups is 1. The maximum atomic E-state index is 12.3. The van der Waals surface area contributed by atoms with Crippen LogP contribution in [0.1, 0.15) is 43.2 Å². The van der Waals surface area contributed by atoms with Gasteiger partial charge >= 0.3 is 10.1 Å². The van der Waals surface area contributed by atoms with Gasteiger partial charge in [-0.2, -0.15) is 13.7 Å². The summed E-state index contributed by atoms with van der Waals surface area (Å²) in [4.78, 5) is 0. The molecule has 27 heavy (non-hydrogen) atoms. The quantitative estimate of drug-likeness (QED) is 0.523. The Bertz CT molecular complexity index is 934. The van der Waals surface area contributed by atoms with Crippen LogP contribution >= 0.6 is 11.8 Å². The second-order valence-corrected chi connectivity index (χ2v) is 9.33. The van der Waals surface area contributed by atoms with Gasteiger partial charge in [-0.05, 0) is 48.3 Å². The molecule has 0 spiro atoms. The SMILES string of the molecule is Cc1ccccc1/C(C#N)=C1\C=CS\C1=N/OS(=O)(=O)CC1CCCCC1. The molecular formula is C20H22N2O3S2. The van der Waals surface area contributed by atoms with Crippen molar-refractivity contribution in [3.8, 4) is 6.07 Å². The maximum absolute atomic E-state index is 12.3. The first-order valence-corrected chi connectivity index (χ1v) is 11.5. The van der Waals surface area contributed by atoms with E-state index in [0.29, 0.717) is 16.2 Å². The van der Waals surface area contributed by atoms with E-state index in [9.17, 15) is 13.7 Å². The summed E-state index contributed by atoms with van der Waals surface area (Å²) in [6.45, 7) is 1.93. The number of rotatable bonds is 5. The lowest BCUT2D eigenvalue weighted by molar-refractivity contribution is 0.321. The normalized spacial score (nSPS) is 21.3. The van der Waals surface area contributed by atoms with Gasteiger partial charge in [-0.15, -0.1) is 0 Å². The molecule has 0 atom stereocenters. The predicted octanol–water partition coefficient (Wildman–Crippen LogP) is 4.77. The maximum Gasteiger partial charge on any atom is 0.328 e. The molecule has 1 heterocycles. The monoisotopic (exact) mass is 402 g/mol. The molecule has 1 aromatic rings. The van der Waals surface area contributed by atoms with Crippen LogP contribution < -0.4 is 0 Å². The van der Waals surface area contributed by atoms with Crippen molar-refractivity contribution in [2.75, 3.05) is 5.75 Å². The Morgan fingerprint density at radius 2 is 2.04 bits per heavy atom. The molecule has 2 aliphatic rings. The first-order chi connectivity index (χ1) is 13.0. The van der Waals surface area contributed by atoms with Gasteiger partial charge < -0.3 is 0 Å². The first kappa shape index (κ1) is 19.7. The van der Waals surface area contributed by atoms with E-state index in [4.69, 9.17) is 4.28 Å². The highest BCUT2D eigenvalue weighted by Gasteiger charge is 2.24. The van der Waals surface area contributed by atoms with Gasteiger partial charge in [-0.3, -0.25) is 4.28 Å². The van der Waals surface area contributed by atoms with Crippen molar-refractivity contribution in [3.63, 3.8) is 0 Å². The van der Waals surface area contributed by atoms with E-state index in [2.05, 4.69) is 11.2 Å². The Balaban J connectivity index is 1.81. The van der Waals surface area contributed by atoms with Crippen molar-refractivity contribution in [1.82, 2.24) is 0 Å². The third kappa shape index (κ3) is 5.02. The Kier molecular flexibility index (Phi) is 6.40. The molecule has 5 nitrogen and oxygen atoms in total. The number of nitriles is 1. The first-order valence-electron chi connectivity index (χ1n) is 9.03. The number of nitrogens with zero attached hydrogens (tertiary/aromatic N) is 2. The summed E-state index contributed by atoms with van der Waals surface area (Å²) < 4.78 is 29.5. The zero-order valence-corrected chi connectivity index (χ0v) is 16.9. The molecule has 142 valence electrons. The van der Waals surface area contributed by atoms with Gasteiger partial charge in [0.2, 0.25) is 0 Å². The van der Waals surface area contributed by atoms with Crippen LogP contribution in [0.2, 0.25) is 0 Å². The summed E-state index contributed by atoms with van der Waals surface area (Å²) in [5, 5.41) is 15.7. The highest BCUT2D eigenvalue weighted by molar-refractivity contribution is 8.17. The second kappa shape index (κ2) is 8.77. The van der Waals surface area contributed by atoms with E-state index >= 15 is 0 Å². The van der Waals surface area contributed by atoms with Gasteiger partial charge in [0.1, 0.15) is 11.1 Å². The minimum absolute atomic E-state index is 0.00379. The molecule has 0 saturated heterocycles. The molecule has 1 aliphatic carbocycles. The van der Waals surface area contributed by atoms with Crippen LogP contribution in [0.4, 0.5) is 0 Å². The lowest BCUT2D eigenvalue weighted by atomic mass is 9.91. The zero-order chi connectivity index (χ0) is 19.3. The molecule has 0 bridgehead atoms. The molecule has 0 unspecified atom stereocenters. The predicted molar refractivity (Wildman–Crippen MR) is 109 cm³/mol. The van der Waals surface area contributed by atoms with Crippen LogP contribution in [-0.4, -0.2) is 19.2 Å². The lowest BCUT2D eigenvalue weighted by Gasteiger charge is -2.20. The number of thioether (sulfide) groups is 1. The standard InChI is InChI=1S/C20H22N2O3S2/c1-15-7-5-6-10-17(15)19(13-21)18-11-12-26-20(18)22-25-27(23,24)14-16-8-3-2-4-9-16/h5-7,10-12,16H,2-4,8-9,14H2,1H3/b19-18+,22-20-. The van der Waals surface area contributed by atoms with Crippen LogP contribution in [-0.2, 0) is 14.4 Å². The van der Waals surface area contributed by atoms with E-state index < -0.39 is 10.1 Å². The van der Waals surface area contributed by atoms with Gasteiger partial charge in [0.25, 0.3) is 0 Å². The van der Waals surface area contributed by atoms with Crippen molar-refractivity contribution in [3.05, 3.63) is 52.4 Å². The summed E-state index contributed by atoms with van der Waals surface area (Å²) in [7, 11) is -3.73. The Hall–Kier alpha value is -2.04. The molecule has 3 rings (SSSR count). The molecule has 1 fully saturated rings. The summed E-state index contributed by atoms with van der Waals surface area (Å²) in [6, 6.07) is 9.81. The third-order valence-electron chi connectivity index (χ3n) is 4.84. The highest BCUT2D eigenvalue weighted by atomic mass is 32.2. The van der Waals surface area contributed by atoms with Gasteiger partial charge in [-0.1, -0.05) is 60.4 Å². The van der Waals surface area contributed by atoms with E-state index in [-0.39, 0.29) is 11.7 Å². The largest absolute Gasteiger partial charge is 0.328 e. The Morgan fingerprint density at radius 3 is 2.74 bits per heavy atom. The number of benzene rings is 1. The average molecular weight is 403 g/mol. The lowest BCUT2D eigenvalue weighted by Crippen LogP contribution is -2.19. The van der Waals surface area contributed by atoms with Crippen LogP contribution in [0.15, 0.2) is 46.5 Å². The molecule has 0 amide bonds. The minimum Gasteiger partial charge on any atom is -0.267 e. The van der Waals surface area contributed by atoms with Gasteiger partial charge in [-0.25, -0.2) is 0 Å². The van der Waals surface area contributed by atoms with E-state index in [1.54, 1.807) is 11.5 Å². The van der Waals surface area contributed by atoms with Crippen molar-refractivity contribution in [1.29, 1.82) is 5.26 Å². The van der Waals surface area contributed by atoms with Crippen LogP contribution in [0.25, 0.3) is 5.57 Å². The van der Waals surface area contributed by atoms with E-state index in [1.807, 2.05) is 31.2 Å². The van der Waals surface area contributed by atoms with Crippen molar-refractivity contribution in [2.45, 2.75) is 39.0 Å². The van der Waals surface area contributed by atoms with Crippen LogP contribution in [0, 0.1) is 24.2 Å². The van der Waals surface area contributed by atoms with Crippen molar-refractivity contribution < 1.29 is 12.7 Å². The molecule has 0 N–H and O–H groups in total. The molecule has 7 heteroatoms. The fraction of sp³-hybridized carbons (Fsp3) is 0.400. The molecule has 1 saturated carbocycles. The minimum atomic E-state index is -3.73. The zero-order valence-electron chi connectivity index (χ0n) is 15.2. The Labute approximate surface area is 164 Å². The fourth-order valence-electron chi connectivity index (χ4n) is 3.44. The highest BCUT2D eigenvalue weighted by Crippen LogP contribution is 2.32. The third-order valence-corrected chi connectivity index (χ3v) is 6.81. The number of aryl methyl sites for hydroxylation is 1. The molecule has 0 radical (unpaired) electrons. The van der Waals surface area contributed by atoms with E-state index in [0.717, 1.165) is 36.8 Å².